The van der Waals surface area contributed by atoms with E-state index in [1.54, 1.807) is 38.1 Å². The van der Waals surface area contributed by atoms with Crippen LogP contribution in [0, 0.1) is 12.8 Å². The van der Waals surface area contributed by atoms with Gasteiger partial charge in [0.1, 0.15) is 21.7 Å². The minimum atomic E-state index is -1.11. The Bertz CT molecular complexity index is 1520. The lowest BCUT2D eigenvalue weighted by molar-refractivity contribution is -0.122. The highest BCUT2D eigenvalue weighted by molar-refractivity contribution is 7.21. The van der Waals surface area contributed by atoms with Gasteiger partial charge in [0, 0.05) is 17.5 Å². The maximum Gasteiger partial charge on any atom is 0.332 e. The second kappa shape index (κ2) is 10.2. The first-order valence-electron chi connectivity index (χ1n) is 11.6. The van der Waals surface area contributed by atoms with Gasteiger partial charge in [-0.2, -0.15) is 10.2 Å². The first kappa shape index (κ1) is 25.5. The van der Waals surface area contributed by atoms with Crippen molar-refractivity contribution in [1.82, 2.24) is 24.1 Å². The molecule has 0 amide bonds. The first-order valence-corrected chi connectivity index (χ1v) is 12.5. The Balaban J connectivity index is 1.96. The molecule has 0 aliphatic heterocycles. The molecule has 0 aliphatic rings. The van der Waals surface area contributed by atoms with Gasteiger partial charge in [-0.3, -0.25) is 14.2 Å². The molecule has 11 heteroatoms. The van der Waals surface area contributed by atoms with E-state index in [1.165, 1.54) is 40.2 Å². The molecule has 0 saturated heterocycles. The van der Waals surface area contributed by atoms with Crippen LogP contribution in [0.3, 0.4) is 0 Å². The molecule has 0 radical (unpaired) electrons. The highest BCUT2D eigenvalue weighted by Crippen LogP contribution is 2.32. The van der Waals surface area contributed by atoms with E-state index in [-0.39, 0.29) is 24.7 Å². The number of nitrogens with zero attached hydrogens (tertiary/aromatic N) is 5. The van der Waals surface area contributed by atoms with Crippen LogP contribution in [0.15, 0.2) is 46.2 Å². The summed E-state index contributed by atoms with van der Waals surface area (Å²) in [6.45, 7) is 7.00. The second-order valence-corrected chi connectivity index (χ2v) is 10.1. The van der Waals surface area contributed by atoms with E-state index in [4.69, 9.17) is 4.74 Å². The van der Waals surface area contributed by atoms with Crippen molar-refractivity contribution in [3.8, 4) is 10.8 Å². The molecule has 3 aromatic heterocycles. The summed E-state index contributed by atoms with van der Waals surface area (Å²) in [6.07, 6.45) is 2.17. The number of ketones is 1. The molecule has 2 atom stereocenters. The smallest absolute Gasteiger partial charge is 0.332 e. The Morgan fingerprint density at radius 2 is 1.81 bits per heavy atom. The summed E-state index contributed by atoms with van der Waals surface area (Å²) >= 11 is 1.18. The van der Waals surface area contributed by atoms with Gasteiger partial charge in [0.2, 0.25) is 0 Å². The molecule has 36 heavy (non-hydrogen) atoms. The fourth-order valence-corrected chi connectivity index (χ4v) is 5.52. The number of thiophene rings is 1. The van der Waals surface area contributed by atoms with Crippen molar-refractivity contribution >= 4 is 27.3 Å². The Hall–Kier alpha value is -3.57. The Labute approximate surface area is 211 Å². The largest absolute Gasteiger partial charge is 0.496 e. The fraction of sp³-hybridized carbons (Fsp3) is 0.400. The molecule has 0 saturated carbocycles. The van der Waals surface area contributed by atoms with Crippen LogP contribution in [0.2, 0.25) is 0 Å². The topological polar surface area (TPSA) is 121 Å². The van der Waals surface area contributed by atoms with Gasteiger partial charge in [0.15, 0.2) is 5.78 Å². The van der Waals surface area contributed by atoms with E-state index in [0.29, 0.717) is 32.1 Å². The molecule has 4 aromatic rings. The molecule has 0 fully saturated rings. The number of aliphatic hydroxyl groups is 1. The lowest BCUT2D eigenvalue weighted by Gasteiger charge is -2.20. The summed E-state index contributed by atoms with van der Waals surface area (Å²) in [6, 6.07) is 6.03. The van der Waals surface area contributed by atoms with Crippen molar-refractivity contribution in [2.75, 3.05) is 7.11 Å². The summed E-state index contributed by atoms with van der Waals surface area (Å²) in [7, 11) is 1.50. The van der Waals surface area contributed by atoms with E-state index in [0.717, 1.165) is 4.57 Å². The third-order valence-corrected chi connectivity index (χ3v) is 7.42. The van der Waals surface area contributed by atoms with Crippen molar-refractivity contribution < 1.29 is 14.6 Å². The van der Waals surface area contributed by atoms with E-state index >= 15 is 0 Å². The van der Waals surface area contributed by atoms with Gasteiger partial charge < -0.3 is 9.84 Å². The van der Waals surface area contributed by atoms with Crippen molar-refractivity contribution in [3.63, 3.8) is 0 Å². The summed E-state index contributed by atoms with van der Waals surface area (Å²) in [5.74, 6) is 0.350. The molecule has 3 heterocycles. The number of aliphatic hydroxyl groups excluding tert-OH is 1. The Kier molecular flexibility index (Phi) is 7.23. The van der Waals surface area contributed by atoms with Crippen LogP contribution >= 0.6 is 11.3 Å². The van der Waals surface area contributed by atoms with Crippen LogP contribution in [0.25, 0.3) is 15.2 Å². The van der Waals surface area contributed by atoms with Crippen LogP contribution < -0.4 is 16.0 Å². The SMILES string of the molecule is COc1ccccc1[C@@H](O)Cn1c(=O)n(C(C)C(=O)CC(C)C)c(=O)c2c(C)c(-n3nccn3)sc21. The molecule has 1 unspecified atom stereocenters. The number of ether oxygens (including phenoxy) is 1. The molecule has 4 rings (SSSR count). The van der Waals surface area contributed by atoms with Crippen molar-refractivity contribution in [1.29, 1.82) is 0 Å². The van der Waals surface area contributed by atoms with Gasteiger partial charge >= 0.3 is 5.69 Å². The lowest BCUT2D eigenvalue weighted by Crippen LogP contribution is -2.44. The highest BCUT2D eigenvalue weighted by Gasteiger charge is 2.28. The zero-order valence-corrected chi connectivity index (χ0v) is 21.7. The van der Waals surface area contributed by atoms with Gasteiger partial charge in [0.25, 0.3) is 5.56 Å². The van der Waals surface area contributed by atoms with Crippen LogP contribution in [0.4, 0.5) is 0 Å². The third-order valence-electron chi connectivity index (χ3n) is 6.13. The van der Waals surface area contributed by atoms with Crippen molar-refractivity contribution in [2.45, 2.75) is 52.8 Å². The number of aromatic nitrogens is 5. The number of hydrogen-bond donors (Lipinski definition) is 1. The van der Waals surface area contributed by atoms with Gasteiger partial charge in [-0.25, -0.2) is 9.36 Å². The number of Topliss-reactive ketones (excluding diaryl/α,β-unsaturated/α-hetero) is 1. The molecular weight excluding hydrogens is 482 g/mol. The minimum absolute atomic E-state index is 0.0781. The molecule has 0 bridgehead atoms. The predicted octanol–water partition coefficient (Wildman–Crippen LogP) is 3.03. The summed E-state index contributed by atoms with van der Waals surface area (Å²) in [5, 5.41) is 20.4. The number of hydrogen-bond acceptors (Lipinski definition) is 8. The monoisotopic (exact) mass is 511 g/mol. The minimum Gasteiger partial charge on any atom is -0.496 e. The quantitative estimate of drug-likeness (QED) is 0.367. The molecular formula is C25H29N5O5S. The van der Waals surface area contributed by atoms with Crippen molar-refractivity contribution in [3.05, 3.63) is 68.6 Å². The van der Waals surface area contributed by atoms with E-state index < -0.39 is 23.4 Å². The van der Waals surface area contributed by atoms with Gasteiger partial charge in [-0.15, -0.1) is 4.80 Å². The maximum atomic E-state index is 13.8. The van der Waals surface area contributed by atoms with Gasteiger partial charge in [0.05, 0.1) is 37.5 Å². The zero-order chi connectivity index (χ0) is 26.1. The number of methoxy groups -OCH3 is 1. The molecule has 0 spiro atoms. The highest BCUT2D eigenvalue weighted by atomic mass is 32.1. The summed E-state index contributed by atoms with van der Waals surface area (Å²) in [4.78, 5) is 42.1. The van der Waals surface area contributed by atoms with Crippen LogP contribution in [-0.2, 0) is 11.3 Å². The normalized spacial score (nSPS) is 13.3. The van der Waals surface area contributed by atoms with E-state index in [2.05, 4.69) is 10.2 Å². The van der Waals surface area contributed by atoms with Gasteiger partial charge in [-0.1, -0.05) is 43.4 Å². The number of aryl methyl sites for hydroxylation is 1. The van der Waals surface area contributed by atoms with Gasteiger partial charge in [-0.05, 0) is 25.8 Å². The summed E-state index contributed by atoms with van der Waals surface area (Å²) in [5.41, 5.74) is -0.111. The predicted molar refractivity (Wildman–Crippen MR) is 137 cm³/mol. The number of rotatable bonds is 9. The number of carbonyl (C=O) groups excluding carboxylic acids is 1. The standard InChI is InChI=1S/C25H29N5O5S/c1-14(2)12-18(31)16(4)29-22(33)21-15(3)23(30-26-10-11-27-30)36-24(21)28(25(29)34)13-19(32)17-8-6-7-9-20(17)35-5/h6-11,14,16,19,32H,12-13H2,1-5H3/t16?,19-/m0/s1. The first-order chi connectivity index (χ1) is 17.1. The zero-order valence-electron chi connectivity index (χ0n) is 20.8. The average Bonchev–Trinajstić information content (AvgIpc) is 3.49. The lowest BCUT2D eigenvalue weighted by atomic mass is 10.0. The third kappa shape index (κ3) is 4.51. The molecule has 10 nitrogen and oxygen atoms in total. The van der Waals surface area contributed by atoms with Crippen LogP contribution in [0.1, 0.15) is 50.5 Å². The summed E-state index contributed by atoms with van der Waals surface area (Å²) < 4.78 is 7.74. The number of para-hydroxylation sites is 1. The Morgan fingerprint density at radius 1 is 1.14 bits per heavy atom. The molecule has 0 aliphatic carbocycles. The fourth-order valence-electron chi connectivity index (χ4n) is 4.30. The van der Waals surface area contributed by atoms with Crippen LogP contribution in [0.5, 0.6) is 5.75 Å². The number of benzene rings is 1. The second-order valence-electron chi connectivity index (χ2n) is 9.10. The maximum absolute atomic E-state index is 13.8. The van der Waals surface area contributed by atoms with Crippen molar-refractivity contribution in [2.24, 2.45) is 5.92 Å². The Morgan fingerprint density at radius 3 is 2.44 bits per heavy atom. The molecule has 1 N–H and O–H groups in total. The number of carbonyl (C=O) groups is 1. The van der Waals surface area contributed by atoms with E-state index in [9.17, 15) is 19.5 Å². The molecule has 190 valence electrons. The molecule has 1 aromatic carbocycles. The number of fused-ring (bicyclic) bond motifs is 1. The van der Waals surface area contributed by atoms with Crippen LogP contribution in [-0.4, -0.2) is 42.1 Å². The average molecular weight is 512 g/mol. The van der Waals surface area contributed by atoms with E-state index in [1.807, 2.05) is 13.8 Å².